The maximum Gasteiger partial charge on any atom is 0.339 e. The van der Waals surface area contributed by atoms with Crippen molar-refractivity contribution in [2.24, 2.45) is 0 Å². The van der Waals surface area contributed by atoms with Gasteiger partial charge in [-0.05, 0) is 39.7 Å². The molecule has 0 aliphatic rings. The molecule has 0 amide bonds. The lowest BCUT2D eigenvalue weighted by Crippen LogP contribution is -2.10. The number of H-pyrrole nitrogens is 1. The minimum absolute atomic E-state index is 0.0724. The zero-order chi connectivity index (χ0) is 22.1. The highest BCUT2D eigenvalue weighted by Gasteiger charge is 2.19. The average Bonchev–Trinajstić information content (AvgIpc) is 3.25. The van der Waals surface area contributed by atoms with Crippen LogP contribution in [-0.4, -0.2) is 27.7 Å². The third-order valence-corrected chi connectivity index (χ3v) is 5.34. The van der Waals surface area contributed by atoms with Crippen LogP contribution in [0.25, 0.3) is 38.2 Å². The number of aliphatic hydroxyl groups is 1. The standard InChI is InChI=1S/C26H17N3O3/c27-14-20(25-28-21-11-5-6-12-22(21)29-25)23(30)15-32-26(31)24-18-9-3-1-7-16(18)13-17-8-2-4-10-19(17)24/h1-13,30H,15H2,(H,28,29). The number of benzene rings is 4. The number of imidazole rings is 1. The molecule has 2 N–H and O–H groups in total. The molecule has 0 bridgehead atoms. The molecule has 0 atom stereocenters. The van der Waals surface area contributed by atoms with E-state index in [0.29, 0.717) is 11.1 Å². The first kappa shape index (κ1) is 19.3. The van der Waals surface area contributed by atoms with E-state index in [2.05, 4.69) is 9.97 Å². The van der Waals surface area contributed by atoms with Crippen molar-refractivity contribution in [3.63, 3.8) is 0 Å². The number of para-hydroxylation sites is 2. The van der Waals surface area contributed by atoms with E-state index in [4.69, 9.17) is 4.74 Å². The van der Waals surface area contributed by atoms with E-state index in [1.54, 1.807) is 6.07 Å². The van der Waals surface area contributed by atoms with Gasteiger partial charge in [0.2, 0.25) is 0 Å². The number of aromatic nitrogens is 2. The number of carbonyl (C=O) groups is 1. The number of rotatable bonds is 4. The molecule has 6 heteroatoms. The van der Waals surface area contributed by atoms with Crippen molar-refractivity contribution in [2.75, 3.05) is 6.61 Å². The molecule has 0 fully saturated rings. The van der Waals surface area contributed by atoms with Crippen LogP contribution in [0.3, 0.4) is 0 Å². The maximum absolute atomic E-state index is 13.1. The predicted octanol–water partition coefficient (Wildman–Crippen LogP) is 5.52. The highest BCUT2D eigenvalue weighted by atomic mass is 16.5. The minimum atomic E-state index is -0.577. The fraction of sp³-hybridized carbons (Fsp3) is 0.0385. The van der Waals surface area contributed by atoms with Gasteiger partial charge in [0.1, 0.15) is 18.2 Å². The zero-order valence-corrected chi connectivity index (χ0v) is 16.9. The van der Waals surface area contributed by atoms with Gasteiger partial charge in [-0.15, -0.1) is 0 Å². The Morgan fingerprint density at radius 2 is 1.59 bits per heavy atom. The van der Waals surface area contributed by atoms with Crippen LogP contribution >= 0.6 is 0 Å². The van der Waals surface area contributed by atoms with Crippen LogP contribution in [0.15, 0.2) is 84.6 Å². The highest BCUT2D eigenvalue weighted by Crippen LogP contribution is 2.29. The summed E-state index contributed by atoms with van der Waals surface area (Å²) in [7, 11) is 0. The first-order chi connectivity index (χ1) is 15.7. The van der Waals surface area contributed by atoms with Crippen molar-refractivity contribution in [1.82, 2.24) is 9.97 Å². The van der Waals surface area contributed by atoms with Crippen molar-refractivity contribution in [2.45, 2.75) is 0 Å². The van der Waals surface area contributed by atoms with Gasteiger partial charge in [0.15, 0.2) is 11.6 Å². The molecular formula is C26H17N3O3. The topological polar surface area (TPSA) is 99.0 Å². The van der Waals surface area contributed by atoms with E-state index in [1.165, 1.54) is 0 Å². The summed E-state index contributed by atoms with van der Waals surface area (Å²) in [6.45, 7) is -0.448. The lowest BCUT2D eigenvalue weighted by Gasteiger charge is -2.11. The van der Waals surface area contributed by atoms with Crippen LogP contribution < -0.4 is 0 Å². The van der Waals surface area contributed by atoms with Crippen molar-refractivity contribution < 1.29 is 14.6 Å². The van der Waals surface area contributed by atoms with Gasteiger partial charge in [-0.1, -0.05) is 60.7 Å². The Bertz CT molecular complexity index is 1490. The molecule has 6 nitrogen and oxygen atoms in total. The summed E-state index contributed by atoms with van der Waals surface area (Å²) in [5.41, 5.74) is 1.76. The Morgan fingerprint density at radius 3 is 2.25 bits per heavy atom. The number of esters is 1. The van der Waals surface area contributed by atoms with Crippen LogP contribution in [0, 0.1) is 11.3 Å². The number of ether oxygens (including phenoxy) is 1. The van der Waals surface area contributed by atoms with Gasteiger partial charge < -0.3 is 14.8 Å². The molecular weight excluding hydrogens is 402 g/mol. The van der Waals surface area contributed by atoms with E-state index in [0.717, 1.165) is 27.1 Å². The monoisotopic (exact) mass is 419 g/mol. The molecule has 1 heterocycles. The van der Waals surface area contributed by atoms with Crippen LogP contribution in [0.2, 0.25) is 0 Å². The Morgan fingerprint density at radius 1 is 0.969 bits per heavy atom. The molecule has 0 saturated carbocycles. The number of hydrogen-bond acceptors (Lipinski definition) is 5. The maximum atomic E-state index is 13.1. The van der Waals surface area contributed by atoms with Crippen LogP contribution in [0.1, 0.15) is 16.2 Å². The summed E-state index contributed by atoms with van der Waals surface area (Å²) in [5, 5.41) is 23.5. The van der Waals surface area contributed by atoms with E-state index < -0.39 is 12.6 Å². The molecule has 32 heavy (non-hydrogen) atoms. The van der Waals surface area contributed by atoms with E-state index in [-0.39, 0.29) is 17.2 Å². The molecule has 0 radical (unpaired) electrons. The first-order valence-corrected chi connectivity index (χ1v) is 10.0. The molecule has 0 unspecified atom stereocenters. The van der Waals surface area contributed by atoms with Crippen LogP contribution in [-0.2, 0) is 4.74 Å². The van der Waals surface area contributed by atoms with Crippen molar-refractivity contribution in [1.29, 1.82) is 5.26 Å². The smallest absolute Gasteiger partial charge is 0.339 e. The summed E-state index contributed by atoms with van der Waals surface area (Å²) in [6, 6.07) is 26.4. The lowest BCUT2D eigenvalue weighted by atomic mass is 9.97. The number of nitrogens with zero attached hydrogens (tertiary/aromatic N) is 2. The fourth-order valence-corrected chi connectivity index (χ4v) is 3.84. The number of carbonyl (C=O) groups excluding carboxylic acids is 1. The summed E-state index contributed by atoms with van der Waals surface area (Å²) < 4.78 is 5.44. The number of allylic oxidation sites excluding steroid dienone is 1. The fourth-order valence-electron chi connectivity index (χ4n) is 3.84. The number of aromatic amines is 1. The van der Waals surface area contributed by atoms with Gasteiger partial charge in [0.25, 0.3) is 0 Å². The van der Waals surface area contributed by atoms with Gasteiger partial charge in [-0.2, -0.15) is 5.26 Å². The Kier molecular flexibility index (Phi) is 4.77. The normalized spacial score (nSPS) is 12.0. The molecule has 0 saturated heterocycles. The van der Waals surface area contributed by atoms with Crippen molar-refractivity contribution >= 4 is 44.1 Å². The summed E-state index contributed by atoms with van der Waals surface area (Å²) >= 11 is 0. The molecule has 4 aromatic carbocycles. The Labute approximate surface area is 183 Å². The number of nitriles is 1. The average molecular weight is 419 g/mol. The zero-order valence-electron chi connectivity index (χ0n) is 16.9. The van der Waals surface area contributed by atoms with Gasteiger partial charge in [0, 0.05) is 0 Å². The third kappa shape index (κ3) is 3.32. The molecule has 5 aromatic rings. The third-order valence-electron chi connectivity index (χ3n) is 5.34. The molecule has 5 rings (SSSR count). The molecule has 0 spiro atoms. The van der Waals surface area contributed by atoms with Gasteiger partial charge in [-0.3, -0.25) is 0 Å². The minimum Gasteiger partial charge on any atom is -0.507 e. The van der Waals surface area contributed by atoms with Gasteiger partial charge in [0.05, 0.1) is 16.6 Å². The van der Waals surface area contributed by atoms with Crippen LogP contribution in [0.5, 0.6) is 0 Å². The van der Waals surface area contributed by atoms with Crippen LogP contribution in [0.4, 0.5) is 0 Å². The summed E-state index contributed by atoms with van der Waals surface area (Å²) in [5.74, 6) is -0.728. The van der Waals surface area contributed by atoms with E-state index in [1.807, 2.05) is 78.9 Å². The second-order valence-corrected chi connectivity index (χ2v) is 7.31. The molecule has 1 aromatic heterocycles. The largest absolute Gasteiger partial charge is 0.507 e. The second kappa shape index (κ2) is 7.89. The Balaban J connectivity index is 1.50. The molecule has 154 valence electrons. The second-order valence-electron chi connectivity index (χ2n) is 7.31. The van der Waals surface area contributed by atoms with Crippen molar-refractivity contribution in [3.05, 3.63) is 96.0 Å². The predicted molar refractivity (Wildman–Crippen MR) is 123 cm³/mol. The van der Waals surface area contributed by atoms with Gasteiger partial charge in [-0.25, -0.2) is 9.78 Å². The van der Waals surface area contributed by atoms with Crippen molar-refractivity contribution in [3.8, 4) is 6.07 Å². The first-order valence-electron chi connectivity index (χ1n) is 10.0. The quantitative estimate of drug-likeness (QED) is 0.173. The number of hydrogen-bond donors (Lipinski definition) is 2. The number of nitrogens with one attached hydrogen (secondary N) is 1. The van der Waals surface area contributed by atoms with E-state index >= 15 is 0 Å². The number of fused-ring (bicyclic) bond motifs is 3. The Hall–Kier alpha value is -4.63. The summed E-state index contributed by atoms with van der Waals surface area (Å²) in [6.07, 6.45) is 0. The SMILES string of the molecule is N#CC(=C(O)COC(=O)c1c2ccccc2cc2ccccc12)c1nc2ccccc2[nH]1. The lowest BCUT2D eigenvalue weighted by molar-refractivity contribution is 0.0507. The highest BCUT2D eigenvalue weighted by molar-refractivity contribution is 6.16. The number of aliphatic hydroxyl groups excluding tert-OH is 1. The van der Waals surface area contributed by atoms with Gasteiger partial charge >= 0.3 is 5.97 Å². The van der Waals surface area contributed by atoms with E-state index in [9.17, 15) is 15.2 Å². The molecule has 0 aliphatic heterocycles. The summed E-state index contributed by atoms with van der Waals surface area (Å²) in [4.78, 5) is 20.4. The molecule has 0 aliphatic carbocycles.